The Morgan fingerprint density at radius 2 is 1.71 bits per heavy atom. The fourth-order valence-corrected chi connectivity index (χ4v) is 0.760. The van der Waals surface area contributed by atoms with Crippen LogP contribution >= 0.6 is 0 Å². The third-order valence-corrected chi connectivity index (χ3v) is 1.26. The first-order chi connectivity index (χ1) is 6.65. The van der Waals surface area contributed by atoms with Gasteiger partial charge in [-0.25, -0.2) is 0 Å². The molecule has 3 N–H and O–H groups in total. The van der Waals surface area contributed by atoms with Crippen molar-refractivity contribution in [1.82, 2.24) is 0 Å². The number of phenolic OH excluding ortho intramolecular Hbond substituents is 2. The molecule has 0 saturated carbocycles. The van der Waals surface area contributed by atoms with E-state index >= 15 is 0 Å². The first kappa shape index (κ1) is 12.6. The number of benzene rings is 1. The number of rotatable bonds is 2. The van der Waals surface area contributed by atoms with E-state index in [9.17, 15) is 0 Å². The molecule has 0 unspecified atom stereocenters. The van der Waals surface area contributed by atoms with Gasteiger partial charge in [0, 0.05) is 12.7 Å². The second kappa shape index (κ2) is 7.03. The molecule has 0 aliphatic heterocycles. The zero-order chi connectivity index (χ0) is 11.0. The average molecular weight is 200 g/mol. The zero-order valence-electron chi connectivity index (χ0n) is 8.40. The Hall–Kier alpha value is -1.42. The molecule has 0 bridgehead atoms. The highest BCUT2D eigenvalue weighted by atomic mass is 16.5. The topological polar surface area (TPSA) is 69.9 Å². The van der Waals surface area contributed by atoms with Crippen molar-refractivity contribution >= 4 is 0 Å². The van der Waals surface area contributed by atoms with E-state index in [2.05, 4.69) is 0 Å². The van der Waals surface area contributed by atoms with Crippen molar-refractivity contribution in [3.8, 4) is 17.2 Å². The SMILES string of the molecule is CCO.CCOc1ccc(O)c(O)c1. The van der Waals surface area contributed by atoms with E-state index in [1.165, 1.54) is 12.1 Å². The quantitative estimate of drug-likeness (QED) is 0.633. The summed E-state index contributed by atoms with van der Waals surface area (Å²) in [5.74, 6) is 0.271. The van der Waals surface area contributed by atoms with Gasteiger partial charge in [-0.3, -0.25) is 0 Å². The van der Waals surface area contributed by atoms with E-state index in [1.54, 1.807) is 13.0 Å². The molecule has 0 aromatic heterocycles. The van der Waals surface area contributed by atoms with Gasteiger partial charge in [0.05, 0.1) is 6.61 Å². The number of hydrogen-bond acceptors (Lipinski definition) is 4. The van der Waals surface area contributed by atoms with Crippen molar-refractivity contribution in [1.29, 1.82) is 0 Å². The predicted molar refractivity (Wildman–Crippen MR) is 53.7 cm³/mol. The molecule has 0 atom stereocenters. The van der Waals surface area contributed by atoms with Crippen molar-refractivity contribution in [3.63, 3.8) is 0 Å². The molecule has 1 rings (SSSR count). The lowest BCUT2D eigenvalue weighted by Crippen LogP contribution is -1.90. The zero-order valence-corrected chi connectivity index (χ0v) is 8.40. The molecular formula is C10H16O4. The minimum atomic E-state index is -0.157. The van der Waals surface area contributed by atoms with E-state index in [0.29, 0.717) is 12.4 Å². The Labute approximate surface area is 83.4 Å². The lowest BCUT2D eigenvalue weighted by atomic mass is 10.3. The summed E-state index contributed by atoms with van der Waals surface area (Å²) >= 11 is 0. The largest absolute Gasteiger partial charge is 0.504 e. The molecule has 80 valence electrons. The van der Waals surface area contributed by atoms with Gasteiger partial charge in [-0.1, -0.05) is 0 Å². The first-order valence-electron chi connectivity index (χ1n) is 4.41. The van der Waals surface area contributed by atoms with Gasteiger partial charge < -0.3 is 20.1 Å². The summed E-state index contributed by atoms with van der Waals surface area (Å²) in [6.45, 7) is 4.33. The highest BCUT2D eigenvalue weighted by Crippen LogP contribution is 2.28. The molecule has 0 saturated heterocycles. The number of ether oxygens (including phenoxy) is 1. The molecular weight excluding hydrogens is 184 g/mol. The highest BCUT2D eigenvalue weighted by molar-refractivity contribution is 5.43. The van der Waals surface area contributed by atoms with Crippen molar-refractivity contribution in [3.05, 3.63) is 18.2 Å². The van der Waals surface area contributed by atoms with E-state index < -0.39 is 0 Å². The van der Waals surface area contributed by atoms with Gasteiger partial charge in [0.2, 0.25) is 0 Å². The molecule has 1 aromatic rings. The van der Waals surface area contributed by atoms with Crippen molar-refractivity contribution in [2.24, 2.45) is 0 Å². The summed E-state index contributed by atoms with van der Waals surface area (Å²) in [4.78, 5) is 0. The van der Waals surface area contributed by atoms with Gasteiger partial charge in [0.1, 0.15) is 5.75 Å². The Bertz CT molecular complexity index is 260. The third-order valence-electron chi connectivity index (χ3n) is 1.26. The summed E-state index contributed by atoms with van der Waals surface area (Å²) < 4.78 is 5.07. The molecule has 0 radical (unpaired) electrons. The number of aromatic hydroxyl groups is 2. The van der Waals surface area contributed by atoms with Crippen LogP contribution in [0.4, 0.5) is 0 Å². The van der Waals surface area contributed by atoms with E-state index in [-0.39, 0.29) is 18.1 Å². The number of aliphatic hydroxyl groups is 1. The van der Waals surface area contributed by atoms with E-state index in [4.69, 9.17) is 20.1 Å². The second-order valence-corrected chi connectivity index (χ2v) is 2.40. The molecule has 0 heterocycles. The maximum Gasteiger partial charge on any atom is 0.161 e. The minimum absolute atomic E-state index is 0.131. The maximum absolute atomic E-state index is 9.00. The normalized spacial score (nSPS) is 8.79. The summed E-state index contributed by atoms with van der Waals surface area (Å²) in [5.41, 5.74) is 0. The second-order valence-electron chi connectivity index (χ2n) is 2.40. The number of hydrogen-bond donors (Lipinski definition) is 3. The number of phenols is 2. The fraction of sp³-hybridized carbons (Fsp3) is 0.400. The molecule has 0 aliphatic carbocycles. The monoisotopic (exact) mass is 200 g/mol. The highest BCUT2D eigenvalue weighted by Gasteiger charge is 1.99. The van der Waals surface area contributed by atoms with Crippen LogP contribution in [0.5, 0.6) is 17.2 Å². The van der Waals surface area contributed by atoms with Crippen LogP contribution in [-0.4, -0.2) is 28.5 Å². The fourth-order valence-electron chi connectivity index (χ4n) is 0.760. The van der Waals surface area contributed by atoms with Crippen LogP contribution < -0.4 is 4.74 Å². The van der Waals surface area contributed by atoms with Crippen molar-refractivity contribution < 1.29 is 20.1 Å². The summed E-state index contributed by atoms with van der Waals surface area (Å²) in [6.07, 6.45) is 0. The molecule has 0 aliphatic rings. The van der Waals surface area contributed by atoms with Crippen molar-refractivity contribution in [2.45, 2.75) is 13.8 Å². The van der Waals surface area contributed by atoms with Gasteiger partial charge in [-0.05, 0) is 26.0 Å². The lowest BCUT2D eigenvalue weighted by Gasteiger charge is -2.03. The van der Waals surface area contributed by atoms with Gasteiger partial charge in [0.15, 0.2) is 11.5 Å². The van der Waals surface area contributed by atoms with Gasteiger partial charge in [-0.2, -0.15) is 0 Å². The van der Waals surface area contributed by atoms with Crippen LogP contribution in [-0.2, 0) is 0 Å². The Morgan fingerprint density at radius 1 is 1.14 bits per heavy atom. The molecule has 4 heteroatoms. The van der Waals surface area contributed by atoms with Crippen molar-refractivity contribution in [2.75, 3.05) is 13.2 Å². The van der Waals surface area contributed by atoms with Crippen LogP contribution in [0.1, 0.15) is 13.8 Å². The van der Waals surface area contributed by atoms with Crippen LogP contribution in [0, 0.1) is 0 Å². The smallest absolute Gasteiger partial charge is 0.161 e. The van der Waals surface area contributed by atoms with E-state index in [1.807, 2.05) is 6.92 Å². The van der Waals surface area contributed by atoms with Gasteiger partial charge in [-0.15, -0.1) is 0 Å². The third kappa shape index (κ3) is 4.57. The first-order valence-corrected chi connectivity index (χ1v) is 4.41. The molecule has 0 spiro atoms. The maximum atomic E-state index is 9.00. The summed E-state index contributed by atoms with van der Waals surface area (Å²) in [7, 11) is 0. The molecule has 0 amide bonds. The molecule has 0 fully saturated rings. The average Bonchev–Trinajstić information content (AvgIpc) is 2.13. The summed E-state index contributed by atoms with van der Waals surface area (Å²) in [5, 5.41) is 25.5. The number of aliphatic hydroxyl groups excluding tert-OH is 1. The predicted octanol–water partition coefficient (Wildman–Crippen LogP) is 1.50. The standard InChI is InChI=1S/C8H10O3.C2H6O/c1-2-11-6-3-4-7(9)8(10)5-6;1-2-3/h3-5,9-10H,2H2,1H3;3H,2H2,1H3. The molecule has 1 aromatic carbocycles. The molecule has 14 heavy (non-hydrogen) atoms. The van der Waals surface area contributed by atoms with Crippen LogP contribution in [0.15, 0.2) is 18.2 Å². The van der Waals surface area contributed by atoms with E-state index in [0.717, 1.165) is 0 Å². The van der Waals surface area contributed by atoms with Crippen LogP contribution in [0.3, 0.4) is 0 Å². The van der Waals surface area contributed by atoms with Crippen LogP contribution in [0.25, 0.3) is 0 Å². The Balaban J connectivity index is 0.000000500. The minimum Gasteiger partial charge on any atom is -0.504 e. The van der Waals surface area contributed by atoms with Crippen LogP contribution in [0.2, 0.25) is 0 Å². The molecule has 4 nitrogen and oxygen atoms in total. The lowest BCUT2D eigenvalue weighted by molar-refractivity contribution is 0.318. The Morgan fingerprint density at radius 3 is 2.14 bits per heavy atom. The summed E-state index contributed by atoms with van der Waals surface area (Å²) in [6, 6.07) is 4.36. The van der Waals surface area contributed by atoms with Gasteiger partial charge >= 0.3 is 0 Å². The Kier molecular flexibility index (Phi) is 6.32. The van der Waals surface area contributed by atoms with Gasteiger partial charge in [0.25, 0.3) is 0 Å².